The fourth-order valence-corrected chi connectivity index (χ4v) is 10.2. The molecule has 1 unspecified atom stereocenters. The second-order valence-corrected chi connectivity index (χ2v) is 20.0. The number of benzene rings is 2. The van der Waals surface area contributed by atoms with E-state index in [0.29, 0.717) is 45.6 Å². The highest BCUT2D eigenvalue weighted by Crippen LogP contribution is 2.40. The van der Waals surface area contributed by atoms with Gasteiger partial charge in [0.2, 0.25) is 5.91 Å². The van der Waals surface area contributed by atoms with E-state index in [2.05, 4.69) is 81.0 Å². The van der Waals surface area contributed by atoms with Gasteiger partial charge in [0.1, 0.15) is 24.5 Å². The first-order valence-electron chi connectivity index (χ1n) is 24.2. The third-order valence-electron chi connectivity index (χ3n) is 13.8. The number of nitrogens with one attached hydrogen (secondary N) is 2. The Kier molecular flexibility index (Phi) is 14.8. The SMILES string of the molecule is CCn1c(-c2cncnc2)c2c3cc(ccc31)-c1cccc(c1)C[C@H](NC(=O)[C@H](C(C)C)N(C)C(=O)C1(O)CCN(C(=O)C#CCN3CCOCC3)C1)C(=O)N1CCC[C@H](N1)C(=O)OCC(C)(C)C2. The summed E-state index contributed by atoms with van der Waals surface area (Å²) in [6.45, 7) is 13.9. The van der Waals surface area contributed by atoms with Gasteiger partial charge < -0.3 is 34.3 Å². The number of fused-ring (bicyclic) bond motifs is 6. The molecular formula is C52H65N9O8. The molecule has 69 heavy (non-hydrogen) atoms. The number of carbonyl (C=O) groups excluding carboxylic acids is 5. The van der Waals surface area contributed by atoms with Crippen LogP contribution in [-0.2, 0) is 52.8 Å². The number of likely N-dealkylation sites (tertiary alicyclic amines) is 1. The van der Waals surface area contributed by atoms with Crippen molar-refractivity contribution in [2.75, 3.05) is 66.1 Å². The molecular weight excluding hydrogens is 879 g/mol. The fourth-order valence-electron chi connectivity index (χ4n) is 10.2. The molecule has 8 rings (SSSR count). The molecule has 4 amide bonds. The van der Waals surface area contributed by atoms with Crippen LogP contribution in [0.15, 0.2) is 61.2 Å². The molecule has 17 heteroatoms. The normalized spacial score (nSPS) is 22.6. The number of ether oxygens (including phenoxy) is 2. The van der Waals surface area contributed by atoms with Gasteiger partial charge in [-0.1, -0.05) is 63.9 Å². The predicted octanol–water partition coefficient (Wildman–Crippen LogP) is 3.22. The van der Waals surface area contributed by atoms with Crippen molar-refractivity contribution in [1.29, 1.82) is 0 Å². The number of hydrogen-bond donors (Lipinski definition) is 3. The number of aliphatic hydroxyl groups is 1. The molecule has 2 aromatic heterocycles. The van der Waals surface area contributed by atoms with E-state index in [1.807, 2.05) is 36.7 Å². The molecule has 4 atom stereocenters. The Morgan fingerprint density at radius 2 is 1.77 bits per heavy atom. The molecule has 6 bridgehead atoms. The topological polar surface area (TPSA) is 192 Å². The van der Waals surface area contributed by atoms with E-state index in [-0.39, 0.29) is 39.1 Å². The second-order valence-electron chi connectivity index (χ2n) is 20.0. The summed E-state index contributed by atoms with van der Waals surface area (Å²) in [7, 11) is 1.46. The molecule has 17 nitrogen and oxygen atoms in total. The molecule has 0 radical (unpaired) electrons. The Balaban J connectivity index is 1.08. The highest BCUT2D eigenvalue weighted by atomic mass is 16.5. The van der Waals surface area contributed by atoms with E-state index in [1.54, 1.807) is 13.8 Å². The summed E-state index contributed by atoms with van der Waals surface area (Å²) < 4.78 is 13.7. The lowest BCUT2D eigenvalue weighted by molar-refractivity contribution is -0.156. The molecule has 3 saturated heterocycles. The number of amides is 4. The number of β-amino-alcohol motifs (C(OH)–C–C–N with tert-alkyl or cyclic N) is 1. The number of hydrogen-bond acceptors (Lipinski definition) is 12. The highest BCUT2D eigenvalue weighted by molar-refractivity contribution is 5.98. The van der Waals surface area contributed by atoms with Crippen LogP contribution in [0.25, 0.3) is 33.3 Å². The second kappa shape index (κ2) is 20.8. The number of aryl methyl sites for hydroxylation is 1. The van der Waals surface area contributed by atoms with E-state index in [4.69, 9.17) is 9.47 Å². The molecule has 4 aliphatic heterocycles. The van der Waals surface area contributed by atoms with Gasteiger partial charge >= 0.3 is 5.97 Å². The van der Waals surface area contributed by atoms with Crippen LogP contribution < -0.4 is 10.7 Å². The van der Waals surface area contributed by atoms with Gasteiger partial charge in [-0.05, 0) is 72.4 Å². The van der Waals surface area contributed by atoms with Crippen molar-refractivity contribution in [2.45, 2.75) is 97.0 Å². The summed E-state index contributed by atoms with van der Waals surface area (Å²) in [6, 6.07) is 11.3. The van der Waals surface area contributed by atoms with Gasteiger partial charge in [-0.3, -0.25) is 33.9 Å². The lowest BCUT2D eigenvalue weighted by atomic mass is 9.84. The smallest absolute Gasteiger partial charge is 0.324 e. The molecule has 4 aliphatic rings. The summed E-state index contributed by atoms with van der Waals surface area (Å²) in [5, 5.41) is 17.2. The maximum absolute atomic E-state index is 14.7. The monoisotopic (exact) mass is 943 g/mol. The van der Waals surface area contributed by atoms with E-state index >= 15 is 0 Å². The van der Waals surface area contributed by atoms with Crippen molar-refractivity contribution in [3.8, 4) is 34.2 Å². The maximum atomic E-state index is 14.7. The summed E-state index contributed by atoms with van der Waals surface area (Å²) >= 11 is 0. The van der Waals surface area contributed by atoms with Crippen molar-refractivity contribution < 1.29 is 38.6 Å². The third-order valence-corrected chi connectivity index (χ3v) is 13.8. The number of rotatable bonds is 8. The standard InChI is InChI=1S/C52H65N9O8/c1-7-60-43-16-15-37-27-39(43)40(46(60)38-29-53-33-54-30-38)28-51(4,5)32-69-49(65)41-13-9-19-61(56-41)48(64)42(26-35-11-8-12-36(37)25-35)55-47(63)45(34(2)3)57(6)50(66)52(67)17-20-59(31-52)44(62)14-10-18-58-21-23-68-24-22-58/h8,11-12,15-16,25,27,29-30,33-34,41-42,45,56,67H,7,9,13,17-24,26,28,31-32H2,1-6H3,(H,55,63)/t41-,42-,45-,52?/m0/s1. The number of likely N-dealkylation sites (N-methyl/N-ethyl adjacent to an activating group) is 1. The number of cyclic esters (lactones) is 1. The Morgan fingerprint density at radius 1 is 1.01 bits per heavy atom. The van der Waals surface area contributed by atoms with Crippen LogP contribution in [0.5, 0.6) is 0 Å². The van der Waals surface area contributed by atoms with Crippen LogP contribution in [0.2, 0.25) is 0 Å². The van der Waals surface area contributed by atoms with E-state index in [0.717, 1.165) is 57.5 Å². The number of esters is 1. The minimum atomic E-state index is -1.95. The lowest BCUT2D eigenvalue weighted by Gasteiger charge is -2.37. The zero-order valence-corrected chi connectivity index (χ0v) is 40.6. The number of hydrazine groups is 1. The minimum Gasteiger partial charge on any atom is -0.464 e. The van der Waals surface area contributed by atoms with Crippen LogP contribution in [0, 0.1) is 23.2 Å². The molecule has 6 heterocycles. The first kappa shape index (κ1) is 49.2. The van der Waals surface area contributed by atoms with E-state index < -0.39 is 64.7 Å². The maximum Gasteiger partial charge on any atom is 0.324 e. The summed E-state index contributed by atoms with van der Waals surface area (Å²) in [5.41, 5.74) is 7.37. The first-order chi connectivity index (χ1) is 33.1. The molecule has 3 N–H and O–H groups in total. The molecule has 4 aromatic rings. The van der Waals surface area contributed by atoms with Crippen LogP contribution >= 0.6 is 0 Å². The van der Waals surface area contributed by atoms with Crippen molar-refractivity contribution in [1.82, 2.24) is 45.0 Å². The fraction of sp³-hybridized carbons (Fsp3) is 0.519. The van der Waals surface area contributed by atoms with Gasteiger partial charge in [0.25, 0.3) is 17.7 Å². The minimum absolute atomic E-state index is 0.0273. The van der Waals surface area contributed by atoms with Crippen LogP contribution in [0.4, 0.5) is 0 Å². The third kappa shape index (κ3) is 10.8. The first-order valence-corrected chi connectivity index (χ1v) is 24.2. The Morgan fingerprint density at radius 3 is 2.51 bits per heavy atom. The van der Waals surface area contributed by atoms with Crippen LogP contribution in [0.3, 0.4) is 0 Å². The highest BCUT2D eigenvalue weighted by Gasteiger charge is 2.48. The summed E-state index contributed by atoms with van der Waals surface area (Å²) in [4.78, 5) is 83.9. The zero-order chi connectivity index (χ0) is 49.0. The average molecular weight is 944 g/mol. The molecule has 3 fully saturated rings. The van der Waals surface area contributed by atoms with Gasteiger partial charge in [0.15, 0.2) is 5.60 Å². The quantitative estimate of drug-likeness (QED) is 0.173. The molecule has 0 aliphatic carbocycles. The van der Waals surface area contributed by atoms with Crippen LogP contribution in [-0.4, -0.2) is 159 Å². The van der Waals surface area contributed by atoms with Gasteiger partial charge in [-0.15, -0.1) is 0 Å². The van der Waals surface area contributed by atoms with Crippen molar-refractivity contribution in [2.24, 2.45) is 11.3 Å². The number of nitrogens with zero attached hydrogens (tertiary/aromatic N) is 7. The van der Waals surface area contributed by atoms with E-state index in [9.17, 15) is 29.1 Å². The zero-order valence-electron chi connectivity index (χ0n) is 40.6. The molecule has 0 spiro atoms. The predicted molar refractivity (Wildman–Crippen MR) is 259 cm³/mol. The largest absolute Gasteiger partial charge is 0.464 e. The Bertz CT molecular complexity index is 2630. The van der Waals surface area contributed by atoms with Crippen molar-refractivity contribution in [3.63, 3.8) is 0 Å². The molecule has 2 aromatic carbocycles. The van der Waals surface area contributed by atoms with Crippen molar-refractivity contribution in [3.05, 3.63) is 72.3 Å². The van der Waals surface area contributed by atoms with Gasteiger partial charge in [0.05, 0.1) is 38.6 Å². The molecule has 0 saturated carbocycles. The van der Waals surface area contributed by atoms with E-state index in [1.165, 1.54) is 28.2 Å². The Hall–Kier alpha value is -6.19. The number of aromatic nitrogens is 3. The van der Waals surface area contributed by atoms with Crippen LogP contribution in [0.1, 0.15) is 65.0 Å². The van der Waals surface area contributed by atoms with Crippen molar-refractivity contribution >= 4 is 40.5 Å². The molecule has 366 valence electrons. The van der Waals surface area contributed by atoms with Gasteiger partial charge in [-0.2, -0.15) is 0 Å². The lowest BCUT2D eigenvalue weighted by Crippen LogP contribution is -2.63. The van der Waals surface area contributed by atoms with Gasteiger partial charge in [0, 0.05) is 86.9 Å². The summed E-state index contributed by atoms with van der Waals surface area (Å²) in [5.74, 6) is 2.41. The average Bonchev–Trinajstić information content (AvgIpc) is 3.90. The Labute approximate surface area is 403 Å². The summed E-state index contributed by atoms with van der Waals surface area (Å²) in [6.07, 6.45) is 6.78. The number of carbonyl (C=O) groups is 5. The number of morpholine rings is 1. The van der Waals surface area contributed by atoms with Gasteiger partial charge in [-0.25, -0.2) is 15.4 Å².